The van der Waals surface area contributed by atoms with Gasteiger partial charge in [-0.15, -0.1) is 10.2 Å². The van der Waals surface area contributed by atoms with Crippen molar-refractivity contribution < 1.29 is 23.5 Å². The summed E-state index contributed by atoms with van der Waals surface area (Å²) < 4.78 is 11.5. The summed E-state index contributed by atoms with van der Waals surface area (Å²) in [6, 6.07) is 23.7. The molecule has 0 bridgehead atoms. The minimum atomic E-state index is -0.920. The highest BCUT2D eigenvalue weighted by Gasteiger charge is 2.38. The van der Waals surface area contributed by atoms with Gasteiger partial charge in [0.15, 0.2) is 0 Å². The Morgan fingerprint density at radius 3 is 2.49 bits per heavy atom. The first-order valence-electron chi connectivity index (χ1n) is 15.1. The molecule has 230 valence electrons. The number of ketones is 1. The lowest BCUT2D eigenvalue weighted by atomic mass is 10.1. The van der Waals surface area contributed by atoms with Crippen molar-refractivity contribution in [1.29, 1.82) is 0 Å². The van der Waals surface area contributed by atoms with Gasteiger partial charge in [-0.1, -0.05) is 54.6 Å². The molecule has 0 unspecified atom stereocenters. The lowest BCUT2D eigenvalue weighted by Crippen LogP contribution is -2.43. The van der Waals surface area contributed by atoms with Crippen LogP contribution in [0.1, 0.15) is 62.7 Å². The van der Waals surface area contributed by atoms with Crippen LogP contribution >= 0.6 is 0 Å². The van der Waals surface area contributed by atoms with Crippen molar-refractivity contribution in [2.24, 2.45) is 0 Å². The monoisotopic (exact) mass is 605 g/mol. The maximum atomic E-state index is 13.9. The average molecular weight is 606 g/mol. The number of benzene rings is 3. The maximum absolute atomic E-state index is 13.9. The number of likely N-dealkylation sites (tertiary alicyclic amines) is 1. The molecule has 1 saturated heterocycles. The zero-order valence-corrected chi connectivity index (χ0v) is 25.4. The van der Waals surface area contributed by atoms with Crippen LogP contribution < -0.4 is 5.32 Å². The number of nitrogens with one attached hydrogen (secondary N) is 2. The van der Waals surface area contributed by atoms with Crippen molar-refractivity contribution in [2.75, 3.05) is 6.54 Å². The van der Waals surface area contributed by atoms with Crippen LogP contribution in [0.15, 0.2) is 83.3 Å². The fourth-order valence-corrected chi connectivity index (χ4v) is 5.75. The number of Topliss-reactive ketones (excluding diaryl/α,β-unsaturated/α-hetero) is 1. The van der Waals surface area contributed by atoms with Crippen LogP contribution in [0.2, 0.25) is 0 Å². The number of alkyl carbamates (subject to hydrolysis) is 1. The van der Waals surface area contributed by atoms with Gasteiger partial charge in [0.05, 0.1) is 6.10 Å². The van der Waals surface area contributed by atoms with E-state index in [4.69, 9.17) is 9.15 Å². The molecule has 1 aliphatic heterocycles. The number of carbonyl (C=O) groups is 3. The van der Waals surface area contributed by atoms with E-state index in [1.807, 2.05) is 60.7 Å². The molecule has 0 radical (unpaired) electrons. The van der Waals surface area contributed by atoms with Gasteiger partial charge in [-0.2, -0.15) is 0 Å². The summed E-state index contributed by atoms with van der Waals surface area (Å²) >= 11 is 0. The second kappa shape index (κ2) is 12.8. The molecule has 2 N–H and O–H groups in total. The molecular formula is C35H35N5O5. The molecule has 6 rings (SSSR count). The number of hydrogen-bond donors (Lipinski definition) is 2. The van der Waals surface area contributed by atoms with Crippen LogP contribution in [0.25, 0.3) is 33.6 Å². The molecule has 1 fully saturated rings. The molecule has 2 amide bonds. The molecule has 10 heteroatoms. The van der Waals surface area contributed by atoms with E-state index in [1.165, 1.54) is 0 Å². The van der Waals surface area contributed by atoms with Crippen molar-refractivity contribution in [1.82, 2.24) is 25.4 Å². The highest BCUT2D eigenvalue weighted by Crippen LogP contribution is 2.35. The first-order valence-corrected chi connectivity index (χ1v) is 15.1. The summed E-state index contributed by atoms with van der Waals surface area (Å²) in [5.41, 5.74) is 5.35. The Balaban J connectivity index is 1.21. The molecule has 3 heterocycles. The number of fused-ring (bicyclic) bond motifs is 1. The molecule has 10 nitrogen and oxygen atoms in total. The SMILES string of the molecule is CC(=O)Cc1ccc(-c2cc3cc(-c4nnc([C@@H]5CCCN5C(=O)[C@H](NC(=O)OC(C)C)c5ccccc5)o4)ccc3[nH]2)cc1. The van der Waals surface area contributed by atoms with Crippen molar-refractivity contribution >= 4 is 28.7 Å². The van der Waals surface area contributed by atoms with Crippen LogP contribution in [-0.2, 0) is 20.7 Å². The average Bonchev–Trinajstić information content (AvgIpc) is 3.79. The fraction of sp³-hybridized carbons (Fsp3) is 0.286. The number of aromatic nitrogens is 3. The molecule has 0 saturated carbocycles. The maximum Gasteiger partial charge on any atom is 0.408 e. The van der Waals surface area contributed by atoms with Crippen LogP contribution in [0, 0.1) is 0 Å². The minimum absolute atomic E-state index is 0.134. The number of ether oxygens (including phenoxy) is 1. The van der Waals surface area contributed by atoms with E-state index < -0.39 is 18.2 Å². The zero-order valence-electron chi connectivity index (χ0n) is 25.4. The molecule has 0 aliphatic carbocycles. The van der Waals surface area contributed by atoms with Crippen LogP contribution in [0.3, 0.4) is 0 Å². The van der Waals surface area contributed by atoms with Gasteiger partial charge >= 0.3 is 6.09 Å². The topological polar surface area (TPSA) is 130 Å². The molecule has 1 aliphatic rings. The number of H-pyrrole nitrogens is 1. The summed E-state index contributed by atoms with van der Waals surface area (Å²) in [6.45, 7) is 5.60. The normalized spacial score (nSPS) is 15.4. The lowest BCUT2D eigenvalue weighted by molar-refractivity contribution is -0.135. The predicted molar refractivity (Wildman–Crippen MR) is 169 cm³/mol. The smallest absolute Gasteiger partial charge is 0.408 e. The van der Waals surface area contributed by atoms with Crippen molar-refractivity contribution in [2.45, 2.75) is 58.2 Å². The summed E-state index contributed by atoms with van der Waals surface area (Å²) in [7, 11) is 0. The Hall–Kier alpha value is -5.25. The Bertz CT molecular complexity index is 1830. The van der Waals surface area contributed by atoms with E-state index in [0.29, 0.717) is 36.7 Å². The zero-order chi connectivity index (χ0) is 31.5. The predicted octanol–water partition coefficient (Wildman–Crippen LogP) is 6.56. The number of aromatic amines is 1. The summed E-state index contributed by atoms with van der Waals surface area (Å²) in [5, 5.41) is 12.4. The van der Waals surface area contributed by atoms with E-state index in [9.17, 15) is 14.4 Å². The second-order valence-electron chi connectivity index (χ2n) is 11.6. The standard InChI is InChI=1S/C35H35N5O5/c1-21(2)44-35(43)37-31(25-8-5-4-6-9-25)34(42)40-17-7-10-30(40)33-39-38-32(45-33)26-15-16-28-27(19-26)20-29(36-28)24-13-11-23(12-14-24)18-22(3)41/h4-6,8-9,11-16,19-21,30-31,36H,7,10,17-18H2,1-3H3,(H,37,43)/t30-,31+/m0/s1. The molecule has 0 spiro atoms. The number of carbonyl (C=O) groups excluding carboxylic acids is 3. The lowest BCUT2D eigenvalue weighted by Gasteiger charge is -2.28. The third-order valence-corrected chi connectivity index (χ3v) is 7.83. The van der Waals surface area contributed by atoms with E-state index in [-0.39, 0.29) is 17.8 Å². The van der Waals surface area contributed by atoms with Gasteiger partial charge in [0.25, 0.3) is 5.91 Å². The number of hydrogen-bond acceptors (Lipinski definition) is 7. The van der Waals surface area contributed by atoms with Gasteiger partial charge < -0.3 is 24.4 Å². The van der Waals surface area contributed by atoms with Gasteiger partial charge in [-0.05, 0) is 74.6 Å². The summed E-state index contributed by atoms with van der Waals surface area (Å²) in [4.78, 5) is 43.0. The fourth-order valence-electron chi connectivity index (χ4n) is 5.75. The van der Waals surface area contributed by atoms with E-state index in [0.717, 1.165) is 39.7 Å². The molecular weight excluding hydrogens is 570 g/mol. The van der Waals surface area contributed by atoms with Gasteiger partial charge in [-0.3, -0.25) is 9.59 Å². The van der Waals surface area contributed by atoms with E-state index in [2.05, 4.69) is 26.6 Å². The van der Waals surface area contributed by atoms with Gasteiger partial charge in [-0.25, -0.2) is 4.79 Å². The van der Waals surface area contributed by atoms with E-state index >= 15 is 0 Å². The number of nitrogens with zero attached hydrogens (tertiary/aromatic N) is 3. The molecule has 5 aromatic rings. The van der Waals surface area contributed by atoms with Crippen LogP contribution in [0.4, 0.5) is 4.79 Å². The van der Waals surface area contributed by atoms with E-state index in [1.54, 1.807) is 37.8 Å². The molecule has 45 heavy (non-hydrogen) atoms. The molecule has 2 atom stereocenters. The van der Waals surface area contributed by atoms with Gasteiger partial charge in [0.1, 0.15) is 17.9 Å². The van der Waals surface area contributed by atoms with Crippen molar-refractivity contribution in [3.05, 3.63) is 95.9 Å². The molecule has 2 aromatic heterocycles. The van der Waals surface area contributed by atoms with Gasteiger partial charge in [0, 0.05) is 35.1 Å². The first kappa shape index (κ1) is 29.8. The summed E-state index contributed by atoms with van der Waals surface area (Å²) in [6.07, 6.45) is 0.870. The van der Waals surface area contributed by atoms with Crippen LogP contribution in [-0.4, -0.2) is 50.5 Å². The number of rotatable bonds is 9. The van der Waals surface area contributed by atoms with Gasteiger partial charge in [0.2, 0.25) is 11.8 Å². The Labute approximate surface area is 260 Å². The first-order chi connectivity index (χ1) is 21.7. The Morgan fingerprint density at radius 1 is 1.00 bits per heavy atom. The molecule has 3 aromatic carbocycles. The second-order valence-corrected chi connectivity index (χ2v) is 11.6. The number of amides is 2. The quantitative estimate of drug-likeness (QED) is 0.195. The Kier molecular flexibility index (Phi) is 8.46. The highest BCUT2D eigenvalue weighted by molar-refractivity contribution is 5.89. The Morgan fingerprint density at radius 2 is 1.76 bits per heavy atom. The van der Waals surface area contributed by atoms with Crippen LogP contribution in [0.5, 0.6) is 0 Å². The third kappa shape index (κ3) is 6.64. The highest BCUT2D eigenvalue weighted by atomic mass is 16.6. The third-order valence-electron chi connectivity index (χ3n) is 7.83. The van der Waals surface area contributed by atoms with Crippen molar-refractivity contribution in [3.8, 4) is 22.7 Å². The largest absolute Gasteiger partial charge is 0.447 e. The minimum Gasteiger partial charge on any atom is -0.447 e. The van der Waals surface area contributed by atoms with Crippen molar-refractivity contribution in [3.63, 3.8) is 0 Å². The summed E-state index contributed by atoms with van der Waals surface area (Å²) in [5.74, 6) is 0.586.